The molecule has 1 N–H and O–H groups in total. The molecule has 0 unspecified atom stereocenters. The molecule has 1 aliphatic rings. The van der Waals surface area contributed by atoms with Crippen molar-refractivity contribution in [3.63, 3.8) is 0 Å². The smallest absolute Gasteiger partial charge is 0.321 e. The Balaban J connectivity index is 1.50. The summed E-state index contributed by atoms with van der Waals surface area (Å²) in [6.45, 7) is 3.29. The van der Waals surface area contributed by atoms with Crippen molar-refractivity contribution in [3.8, 4) is 11.9 Å². The summed E-state index contributed by atoms with van der Waals surface area (Å²) < 4.78 is 10.9. The molecule has 1 fully saturated rings. The van der Waals surface area contributed by atoms with Gasteiger partial charge in [-0.05, 0) is 24.6 Å². The van der Waals surface area contributed by atoms with Crippen LogP contribution in [0, 0.1) is 6.92 Å². The Morgan fingerprint density at radius 3 is 2.80 bits per heavy atom. The number of piperidine rings is 1. The Bertz CT molecular complexity index is 730. The summed E-state index contributed by atoms with van der Waals surface area (Å²) in [4.78, 5) is 22.3. The minimum Gasteiger partial charge on any atom is -0.474 e. The molecule has 1 saturated heterocycles. The van der Waals surface area contributed by atoms with Crippen LogP contribution in [0.5, 0.6) is 11.9 Å². The third-order valence-corrected chi connectivity index (χ3v) is 4.08. The van der Waals surface area contributed by atoms with Gasteiger partial charge in [0.25, 0.3) is 0 Å². The minimum atomic E-state index is -0.0762. The number of amides is 2. The summed E-state index contributed by atoms with van der Waals surface area (Å²) in [5, 5.41) is 2.94. The van der Waals surface area contributed by atoms with Crippen molar-refractivity contribution >= 4 is 11.7 Å². The molecule has 7 heteroatoms. The zero-order valence-corrected chi connectivity index (χ0v) is 14.4. The maximum atomic E-state index is 12.4. The minimum absolute atomic E-state index is 0.0302. The number of hydrogen-bond acceptors (Lipinski definition) is 5. The van der Waals surface area contributed by atoms with Crippen LogP contribution in [0.15, 0.2) is 36.5 Å². The summed E-state index contributed by atoms with van der Waals surface area (Å²) in [6.07, 6.45) is 3.15. The zero-order valence-electron chi connectivity index (χ0n) is 14.4. The highest BCUT2D eigenvalue weighted by atomic mass is 16.5. The van der Waals surface area contributed by atoms with Crippen LogP contribution in [0.2, 0.25) is 0 Å². The molecule has 1 aromatic heterocycles. The number of urea groups is 1. The van der Waals surface area contributed by atoms with Gasteiger partial charge in [0.05, 0.1) is 7.11 Å². The largest absolute Gasteiger partial charge is 0.474 e. The van der Waals surface area contributed by atoms with Gasteiger partial charge in [-0.1, -0.05) is 12.1 Å². The second kappa shape index (κ2) is 7.83. The Morgan fingerprint density at radius 2 is 2.08 bits per heavy atom. The van der Waals surface area contributed by atoms with E-state index in [-0.39, 0.29) is 18.1 Å². The second-order valence-electron chi connectivity index (χ2n) is 5.99. The van der Waals surface area contributed by atoms with Crippen LogP contribution in [0.25, 0.3) is 0 Å². The quantitative estimate of drug-likeness (QED) is 0.924. The van der Waals surface area contributed by atoms with Crippen LogP contribution in [-0.4, -0.2) is 47.2 Å². The first kappa shape index (κ1) is 17.0. The van der Waals surface area contributed by atoms with Gasteiger partial charge in [0.15, 0.2) is 0 Å². The molecular weight excluding hydrogens is 320 g/mol. The van der Waals surface area contributed by atoms with Crippen LogP contribution in [0.1, 0.15) is 18.4 Å². The monoisotopic (exact) mass is 342 g/mol. The predicted octanol–water partition coefficient (Wildman–Crippen LogP) is 2.87. The van der Waals surface area contributed by atoms with E-state index in [9.17, 15) is 4.79 Å². The molecule has 2 aromatic rings. The first-order valence-corrected chi connectivity index (χ1v) is 8.30. The van der Waals surface area contributed by atoms with Gasteiger partial charge >= 0.3 is 12.0 Å². The van der Waals surface area contributed by atoms with Crippen LogP contribution in [-0.2, 0) is 0 Å². The van der Waals surface area contributed by atoms with Gasteiger partial charge in [0, 0.05) is 43.9 Å². The highest BCUT2D eigenvalue weighted by Gasteiger charge is 2.24. The number of anilines is 1. The molecule has 0 atom stereocenters. The molecule has 2 heterocycles. The lowest BCUT2D eigenvalue weighted by molar-refractivity contribution is 0.110. The molecule has 3 rings (SSSR count). The van der Waals surface area contributed by atoms with Crippen molar-refractivity contribution in [1.29, 1.82) is 0 Å². The topological polar surface area (TPSA) is 76.6 Å². The normalized spacial score (nSPS) is 14.9. The second-order valence-corrected chi connectivity index (χ2v) is 5.99. The summed E-state index contributed by atoms with van der Waals surface area (Å²) in [7, 11) is 1.52. The molecule has 1 aromatic carbocycles. The standard InChI is InChI=1S/C18H22N4O3/c1-13-4-3-5-14(12-13)20-18(23)22-10-7-15(8-11-22)25-16-6-9-19-17(21-16)24-2/h3-6,9,12,15H,7-8,10-11H2,1-2H3,(H,20,23). The van der Waals surface area contributed by atoms with Crippen molar-refractivity contribution in [2.45, 2.75) is 25.9 Å². The summed E-state index contributed by atoms with van der Waals surface area (Å²) in [5.74, 6) is 0.495. The fourth-order valence-corrected chi connectivity index (χ4v) is 2.76. The average Bonchev–Trinajstić information content (AvgIpc) is 2.62. The van der Waals surface area contributed by atoms with Gasteiger partial charge < -0.3 is 19.7 Å². The van der Waals surface area contributed by atoms with E-state index in [1.54, 1.807) is 12.3 Å². The van der Waals surface area contributed by atoms with Crippen LogP contribution in [0.4, 0.5) is 10.5 Å². The maximum Gasteiger partial charge on any atom is 0.321 e. The summed E-state index contributed by atoms with van der Waals surface area (Å²) in [6, 6.07) is 9.70. The molecule has 25 heavy (non-hydrogen) atoms. The lowest BCUT2D eigenvalue weighted by atomic mass is 10.1. The Morgan fingerprint density at radius 1 is 1.28 bits per heavy atom. The molecule has 0 aliphatic carbocycles. The van der Waals surface area contributed by atoms with E-state index in [1.807, 2.05) is 36.1 Å². The highest BCUT2D eigenvalue weighted by Crippen LogP contribution is 2.19. The molecule has 132 valence electrons. The van der Waals surface area contributed by atoms with Crippen molar-refractivity contribution in [1.82, 2.24) is 14.9 Å². The number of aromatic nitrogens is 2. The van der Waals surface area contributed by atoms with Crippen LogP contribution in [0.3, 0.4) is 0 Å². The fourth-order valence-electron chi connectivity index (χ4n) is 2.76. The Hall–Kier alpha value is -2.83. The molecule has 0 bridgehead atoms. The van der Waals surface area contributed by atoms with Crippen molar-refractivity contribution in [2.24, 2.45) is 0 Å². The van der Waals surface area contributed by atoms with E-state index >= 15 is 0 Å². The third kappa shape index (κ3) is 4.59. The van der Waals surface area contributed by atoms with Gasteiger partial charge in [0.1, 0.15) is 6.10 Å². The SMILES string of the molecule is COc1nccc(OC2CCN(C(=O)Nc3cccc(C)c3)CC2)n1. The van der Waals surface area contributed by atoms with E-state index in [4.69, 9.17) is 9.47 Å². The molecular formula is C18H22N4O3. The van der Waals surface area contributed by atoms with E-state index in [0.717, 1.165) is 24.1 Å². The number of nitrogens with zero attached hydrogens (tertiary/aromatic N) is 3. The summed E-state index contributed by atoms with van der Waals surface area (Å²) in [5.41, 5.74) is 1.93. The number of carbonyl (C=O) groups excluding carboxylic acids is 1. The lowest BCUT2D eigenvalue weighted by Crippen LogP contribution is -2.43. The van der Waals surface area contributed by atoms with Crippen molar-refractivity contribution in [3.05, 3.63) is 42.1 Å². The van der Waals surface area contributed by atoms with Gasteiger partial charge in [-0.3, -0.25) is 0 Å². The number of ether oxygens (including phenoxy) is 2. The number of aryl methyl sites for hydroxylation is 1. The van der Waals surface area contributed by atoms with Gasteiger partial charge in [-0.15, -0.1) is 0 Å². The Labute approximate surface area is 147 Å². The number of hydrogen-bond donors (Lipinski definition) is 1. The molecule has 0 spiro atoms. The number of benzene rings is 1. The first-order valence-electron chi connectivity index (χ1n) is 8.30. The number of methoxy groups -OCH3 is 1. The molecule has 7 nitrogen and oxygen atoms in total. The number of carbonyl (C=O) groups is 1. The van der Waals surface area contributed by atoms with Gasteiger partial charge in [-0.25, -0.2) is 9.78 Å². The number of likely N-dealkylation sites (tertiary alicyclic amines) is 1. The van der Waals surface area contributed by atoms with E-state index in [2.05, 4.69) is 15.3 Å². The van der Waals surface area contributed by atoms with E-state index in [1.165, 1.54) is 7.11 Å². The first-order chi connectivity index (χ1) is 12.1. The van der Waals surface area contributed by atoms with E-state index in [0.29, 0.717) is 19.0 Å². The lowest BCUT2D eigenvalue weighted by Gasteiger charge is -2.31. The summed E-state index contributed by atoms with van der Waals surface area (Å²) >= 11 is 0. The van der Waals surface area contributed by atoms with Crippen molar-refractivity contribution < 1.29 is 14.3 Å². The number of rotatable bonds is 4. The van der Waals surface area contributed by atoms with Gasteiger partial charge in [0.2, 0.25) is 5.88 Å². The average molecular weight is 342 g/mol. The fraction of sp³-hybridized carbons (Fsp3) is 0.389. The van der Waals surface area contributed by atoms with Gasteiger partial charge in [-0.2, -0.15) is 4.98 Å². The van der Waals surface area contributed by atoms with Crippen LogP contribution < -0.4 is 14.8 Å². The Kier molecular flexibility index (Phi) is 5.33. The maximum absolute atomic E-state index is 12.4. The zero-order chi connectivity index (χ0) is 17.6. The third-order valence-electron chi connectivity index (χ3n) is 4.08. The van der Waals surface area contributed by atoms with E-state index < -0.39 is 0 Å². The van der Waals surface area contributed by atoms with Crippen LogP contribution >= 0.6 is 0 Å². The molecule has 2 amide bonds. The van der Waals surface area contributed by atoms with Crippen molar-refractivity contribution in [2.75, 3.05) is 25.5 Å². The predicted molar refractivity (Wildman–Crippen MR) is 94.0 cm³/mol. The molecule has 0 saturated carbocycles. The molecule has 0 radical (unpaired) electrons. The molecule has 1 aliphatic heterocycles. The highest BCUT2D eigenvalue weighted by molar-refractivity contribution is 5.89. The number of nitrogens with one attached hydrogen (secondary N) is 1.